The SMILES string of the molecule is CON(C)S(=O)(=O)c1ccc(NC(=O)C2CC2C)cc1. The van der Waals surface area contributed by atoms with E-state index in [0.29, 0.717) is 11.6 Å². The third kappa shape index (κ3) is 3.00. The first kappa shape index (κ1) is 15.0. The van der Waals surface area contributed by atoms with Crippen molar-refractivity contribution >= 4 is 21.6 Å². The minimum absolute atomic E-state index is 0.0119. The van der Waals surface area contributed by atoms with Gasteiger partial charge in [-0.15, -0.1) is 0 Å². The van der Waals surface area contributed by atoms with Crippen LogP contribution in [-0.4, -0.2) is 33.0 Å². The second-order valence-electron chi connectivity index (χ2n) is 4.93. The van der Waals surface area contributed by atoms with Crippen LogP contribution in [0, 0.1) is 11.8 Å². The zero-order chi connectivity index (χ0) is 14.9. The molecule has 20 heavy (non-hydrogen) atoms. The van der Waals surface area contributed by atoms with E-state index >= 15 is 0 Å². The molecule has 1 fully saturated rings. The van der Waals surface area contributed by atoms with Crippen LogP contribution in [0.2, 0.25) is 0 Å². The van der Waals surface area contributed by atoms with Crippen LogP contribution in [-0.2, 0) is 19.7 Å². The number of hydrogen-bond acceptors (Lipinski definition) is 4. The van der Waals surface area contributed by atoms with E-state index in [1.54, 1.807) is 12.1 Å². The first-order valence-electron chi connectivity index (χ1n) is 6.30. The van der Waals surface area contributed by atoms with E-state index in [0.717, 1.165) is 10.9 Å². The molecule has 0 aliphatic heterocycles. The Hall–Kier alpha value is -1.44. The number of rotatable bonds is 5. The molecule has 1 amide bonds. The lowest BCUT2D eigenvalue weighted by Gasteiger charge is -2.14. The summed E-state index contributed by atoms with van der Waals surface area (Å²) in [5, 5.41) is 2.78. The summed E-state index contributed by atoms with van der Waals surface area (Å²) < 4.78 is 24.7. The fourth-order valence-corrected chi connectivity index (χ4v) is 2.85. The van der Waals surface area contributed by atoms with Crippen molar-refractivity contribution in [3.8, 4) is 0 Å². The molecule has 2 atom stereocenters. The number of carbonyl (C=O) groups excluding carboxylic acids is 1. The minimum Gasteiger partial charge on any atom is -0.326 e. The van der Waals surface area contributed by atoms with E-state index in [1.807, 2.05) is 6.92 Å². The standard InChI is InChI=1S/C13H18N2O4S/c1-9-8-12(9)13(16)14-10-4-6-11(7-5-10)20(17,18)15(2)19-3/h4-7,9,12H,8H2,1-3H3,(H,14,16). The summed E-state index contributed by atoms with van der Waals surface area (Å²) in [5.41, 5.74) is 0.591. The molecular formula is C13H18N2O4S. The Morgan fingerprint density at radius 1 is 1.35 bits per heavy atom. The molecule has 0 bridgehead atoms. The minimum atomic E-state index is -3.65. The van der Waals surface area contributed by atoms with E-state index in [4.69, 9.17) is 4.84 Å². The van der Waals surface area contributed by atoms with Crippen molar-refractivity contribution in [2.45, 2.75) is 18.2 Å². The van der Waals surface area contributed by atoms with Gasteiger partial charge in [-0.3, -0.25) is 9.63 Å². The molecule has 0 aromatic heterocycles. The molecule has 110 valence electrons. The molecule has 7 heteroatoms. The van der Waals surface area contributed by atoms with Crippen LogP contribution < -0.4 is 5.32 Å². The van der Waals surface area contributed by atoms with Crippen LogP contribution in [0.25, 0.3) is 0 Å². The number of amides is 1. The summed E-state index contributed by atoms with van der Waals surface area (Å²) in [6, 6.07) is 6.02. The molecule has 1 aliphatic rings. The van der Waals surface area contributed by atoms with Crippen molar-refractivity contribution in [3.05, 3.63) is 24.3 Å². The molecule has 6 nitrogen and oxygen atoms in total. The van der Waals surface area contributed by atoms with Gasteiger partial charge in [0, 0.05) is 18.7 Å². The van der Waals surface area contributed by atoms with Gasteiger partial charge in [0.2, 0.25) is 5.91 Å². The quantitative estimate of drug-likeness (QED) is 0.835. The van der Waals surface area contributed by atoms with Crippen molar-refractivity contribution in [1.29, 1.82) is 0 Å². The molecule has 2 rings (SSSR count). The highest BCUT2D eigenvalue weighted by atomic mass is 32.2. The van der Waals surface area contributed by atoms with Gasteiger partial charge in [-0.2, -0.15) is 0 Å². The van der Waals surface area contributed by atoms with E-state index in [1.165, 1.54) is 26.3 Å². The number of hydroxylamine groups is 1. The van der Waals surface area contributed by atoms with Gasteiger partial charge in [-0.05, 0) is 36.6 Å². The fraction of sp³-hybridized carbons (Fsp3) is 0.462. The third-order valence-electron chi connectivity index (χ3n) is 3.46. The predicted molar refractivity (Wildman–Crippen MR) is 74.3 cm³/mol. The Morgan fingerprint density at radius 2 is 1.90 bits per heavy atom. The number of sulfonamides is 1. The van der Waals surface area contributed by atoms with Crippen LogP contribution in [0.15, 0.2) is 29.2 Å². The van der Waals surface area contributed by atoms with Gasteiger partial charge in [-0.1, -0.05) is 11.4 Å². The van der Waals surface area contributed by atoms with Crippen LogP contribution in [0.4, 0.5) is 5.69 Å². The molecule has 0 saturated heterocycles. The molecule has 1 aromatic rings. The molecule has 0 spiro atoms. The normalized spacial score (nSPS) is 21.8. The number of anilines is 1. The summed E-state index contributed by atoms with van der Waals surface area (Å²) in [5.74, 6) is 0.505. The highest BCUT2D eigenvalue weighted by molar-refractivity contribution is 7.89. The zero-order valence-electron chi connectivity index (χ0n) is 11.7. The Bertz CT molecular complexity index is 597. The van der Waals surface area contributed by atoms with Gasteiger partial charge in [-0.25, -0.2) is 8.42 Å². The van der Waals surface area contributed by atoms with E-state index in [-0.39, 0.29) is 16.7 Å². The molecule has 1 aliphatic carbocycles. The average molecular weight is 298 g/mol. The van der Waals surface area contributed by atoms with Gasteiger partial charge in [0.25, 0.3) is 10.0 Å². The Kier molecular flexibility index (Phi) is 4.12. The highest BCUT2D eigenvalue weighted by Gasteiger charge is 2.39. The van der Waals surface area contributed by atoms with E-state index < -0.39 is 10.0 Å². The van der Waals surface area contributed by atoms with E-state index in [2.05, 4.69) is 5.32 Å². The number of nitrogens with zero attached hydrogens (tertiary/aromatic N) is 1. The van der Waals surface area contributed by atoms with Crippen molar-refractivity contribution in [3.63, 3.8) is 0 Å². The zero-order valence-corrected chi connectivity index (χ0v) is 12.5. The first-order valence-corrected chi connectivity index (χ1v) is 7.74. The van der Waals surface area contributed by atoms with Crippen LogP contribution in [0.3, 0.4) is 0 Å². The second-order valence-corrected chi connectivity index (χ2v) is 6.87. The van der Waals surface area contributed by atoms with Crippen molar-refractivity contribution < 1.29 is 18.0 Å². The van der Waals surface area contributed by atoms with Gasteiger partial charge < -0.3 is 5.32 Å². The topological polar surface area (TPSA) is 75.7 Å². The Labute approximate surface area is 118 Å². The van der Waals surface area contributed by atoms with Crippen LogP contribution in [0.1, 0.15) is 13.3 Å². The van der Waals surface area contributed by atoms with Crippen LogP contribution in [0.5, 0.6) is 0 Å². The number of hydrogen-bond donors (Lipinski definition) is 1. The van der Waals surface area contributed by atoms with Gasteiger partial charge >= 0.3 is 0 Å². The van der Waals surface area contributed by atoms with Gasteiger partial charge in [0.15, 0.2) is 0 Å². The maximum absolute atomic E-state index is 12.0. The largest absolute Gasteiger partial charge is 0.326 e. The smallest absolute Gasteiger partial charge is 0.264 e. The van der Waals surface area contributed by atoms with Gasteiger partial charge in [0.05, 0.1) is 12.0 Å². The summed E-state index contributed by atoms with van der Waals surface area (Å²) >= 11 is 0. The number of nitrogens with one attached hydrogen (secondary N) is 1. The maximum Gasteiger partial charge on any atom is 0.264 e. The lowest BCUT2D eigenvalue weighted by Crippen LogP contribution is -2.25. The van der Waals surface area contributed by atoms with Gasteiger partial charge in [0.1, 0.15) is 0 Å². The third-order valence-corrected chi connectivity index (χ3v) is 5.16. The molecule has 0 radical (unpaired) electrons. The highest BCUT2D eigenvalue weighted by Crippen LogP contribution is 2.38. The summed E-state index contributed by atoms with van der Waals surface area (Å²) in [7, 11) is -1.05. The van der Waals surface area contributed by atoms with Crippen molar-refractivity contribution in [1.82, 2.24) is 4.47 Å². The maximum atomic E-state index is 12.0. The Balaban J connectivity index is 2.08. The predicted octanol–water partition coefficient (Wildman–Crippen LogP) is 1.46. The van der Waals surface area contributed by atoms with Crippen LogP contribution >= 0.6 is 0 Å². The molecule has 1 aromatic carbocycles. The molecule has 1 saturated carbocycles. The lowest BCUT2D eigenvalue weighted by atomic mass is 10.3. The molecular weight excluding hydrogens is 280 g/mol. The molecule has 2 unspecified atom stereocenters. The summed E-state index contributed by atoms with van der Waals surface area (Å²) in [6.07, 6.45) is 0.914. The first-order chi connectivity index (χ1) is 9.36. The lowest BCUT2D eigenvalue weighted by molar-refractivity contribution is -0.117. The van der Waals surface area contributed by atoms with E-state index in [9.17, 15) is 13.2 Å². The summed E-state index contributed by atoms with van der Waals surface area (Å²) in [6.45, 7) is 2.03. The number of benzene rings is 1. The summed E-state index contributed by atoms with van der Waals surface area (Å²) in [4.78, 5) is 16.6. The monoisotopic (exact) mass is 298 g/mol. The molecule has 1 N–H and O–H groups in total. The van der Waals surface area contributed by atoms with Crippen molar-refractivity contribution in [2.24, 2.45) is 11.8 Å². The second kappa shape index (κ2) is 5.51. The average Bonchev–Trinajstić information content (AvgIpc) is 3.15. The Morgan fingerprint density at radius 3 is 2.35 bits per heavy atom. The molecule has 0 heterocycles. The fourth-order valence-electron chi connectivity index (χ4n) is 1.88. The number of carbonyl (C=O) groups is 1. The van der Waals surface area contributed by atoms with Crippen molar-refractivity contribution in [2.75, 3.05) is 19.5 Å².